The molecule has 0 atom stereocenters. The van der Waals surface area contributed by atoms with Crippen LogP contribution in [0.1, 0.15) is 22.6 Å². The fourth-order valence-corrected chi connectivity index (χ4v) is 2.53. The first-order chi connectivity index (χ1) is 11.6. The third-order valence-corrected chi connectivity index (χ3v) is 3.81. The predicted octanol–water partition coefficient (Wildman–Crippen LogP) is 3.82. The Morgan fingerprint density at radius 2 is 1.88 bits per heavy atom. The number of amides is 1. The molecule has 4 nitrogen and oxygen atoms in total. The van der Waals surface area contributed by atoms with E-state index in [4.69, 9.17) is 4.42 Å². The van der Waals surface area contributed by atoms with Gasteiger partial charge in [-0.2, -0.15) is 0 Å². The molecule has 1 amide bonds. The number of benzene rings is 2. The van der Waals surface area contributed by atoms with Crippen LogP contribution in [-0.4, -0.2) is 10.9 Å². The van der Waals surface area contributed by atoms with Crippen LogP contribution in [0.3, 0.4) is 0 Å². The SMILES string of the molecule is Cc1cccc(CNC(=O)Cc2nc(-c3ccccc3)oc2C)c1. The molecule has 4 heteroatoms. The van der Waals surface area contributed by atoms with Crippen LogP contribution in [0.15, 0.2) is 59.0 Å². The minimum Gasteiger partial charge on any atom is -0.441 e. The van der Waals surface area contributed by atoms with Gasteiger partial charge >= 0.3 is 0 Å². The number of nitrogens with one attached hydrogen (secondary N) is 1. The number of nitrogens with zero attached hydrogens (tertiary/aromatic N) is 1. The molecule has 0 fully saturated rings. The summed E-state index contributed by atoms with van der Waals surface area (Å²) in [4.78, 5) is 16.6. The van der Waals surface area contributed by atoms with Crippen LogP contribution in [0.5, 0.6) is 0 Å². The van der Waals surface area contributed by atoms with E-state index in [0.29, 0.717) is 23.9 Å². The molecule has 0 saturated carbocycles. The third kappa shape index (κ3) is 3.90. The first-order valence-electron chi connectivity index (χ1n) is 7.96. The van der Waals surface area contributed by atoms with Crippen LogP contribution in [0.25, 0.3) is 11.5 Å². The molecule has 0 bridgehead atoms. The van der Waals surface area contributed by atoms with Crippen LogP contribution in [-0.2, 0) is 17.8 Å². The summed E-state index contributed by atoms with van der Waals surface area (Å²) in [6, 6.07) is 17.8. The Bertz CT molecular complexity index is 838. The van der Waals surface area contributed by atoms with E-state index in [2.05, 4.69) is 16.4 Å². The second-order valence-corrected chi connectivity index (χ2v) is 5.83. The number of aromatic nitrogens is 1. The van der Waals surface area contributed by atoms with E-state index in [1.54, 1.807) is 0 Å². The lowest BCUT2D eigenvalue weighted by Gasteiger charge is -2.05. The summed E-state index contributed by atoms with van der Waals surface area (Å²) in [6.45, 7) is 4.39. The summed E-state index contributed by atoms with van der Waals surface area (Å²) in [5.41, 5.74) is 3.86. The van der Waals surface area contributed by atoms with Crippen molar-refractivity contribution in [3.63, 3.8) is 0 Å². The second kappa shape index (κ2) is 7.13. The molecule has 122 valence electrons. The number of rotatable bonds is 5. The quantitative estimate of drug-likeness (QED) is 0.777. The van der Waals surface area contributed by atoms with Crippen molar-refractivity contribution in [2.24, 2.45) is 0 Å². The number of aryl methyl sites for hydroxylation is 2. The van der Waals surface area contributed by atoms with Crippen LogP contribution >= 0.6 is 0 Å². The van der Waals surface area contributed by atoms with Crippen molar-refractivity contribution in [2.45, 2.75) is 26.8 Å². The van der Waals surface area contributed by atoms with Gasteiger partial charge in [0.15, 0.2) is 0 Å². The molecule has 2 aromatic carbocycles. The summed E-state index contributed by atoms with van der Waals surface area (Å²) in [5, 5.41) is 2.93. The summed E-state index contributed by atoms with van der Waals surface area (Å²) in [7, 11) is 0. The summed E-state index contributed by atoms with van der Waals surface area (Å²) in [6.07, 6.45) is 0.216. The van der Waals surface area contributed by atoms with Gasteiger partial charge < -0.3 is 9.73 Å². The van der Waals surface area contributed by atoms with Gasteiger partial charge in [-0.05, 0) is 31.5 Å². The lowest BCUT2D eigenvalue weighted by Crippen LogP contribution is -2.25. The maximum Gasteiger partial charge on any atom is 0.226 e. The van der Waals surface area contributed by atoms with E-state index in [9.17, 15) is 4.79 Å². The molecule has 0 spiro atoms. The zero-order valence-electron chi connectivity index (χ0n) is 13.9. The molecular weight excluding hydrogens is 300 g/mol. The molecule has 0 unspecified atom stereocenters. The highest BCUT2D eigenvalue weighted by molar-refractivity contribution is 5.78. The van der Waals surface area contributed by atoms with Gasteiger partial charge in [-0.3, -0.25) is 4.79 Å². The van der Waals surface area contributed by atoms with Crippen molar-refractivity contribution in [3.8, 4) is 11.5 Å². The predicted molar refractivity (Wildman–Crippen MR) is 93.4 cm³/mol. The van der Waals surface area contributed by atoms with Crippen molar-refractivity contribution < 1.29 is 9.21 Å². The van der Waals surface area contributed by atoms with Crippen LogP contribution in [0.4, 0.5) is 0 Å². The zero-order valence-corrected chi connectivity index (χ0v) is 13.9. The zero-order chi connectivity index (χ0) is 16.9. The smallest absolute Gasteiger partial charge is 0.226 e. The van der Waals surface area contributed by atoms with Crippen LogP contribution < -0.4 is 5.32 Å². The maximum atomic E-state index is 12.2. The number of carbonyl (C=O) groups excluding carboxylic acids is 1. The van der Waals surface area contributed by atoms with Crippen molar-refractivity contribution in [1.82, 2.24) is 10.3 Å². The third-order valence-electron chi connectivity index (χ3n) is 3.81. The molecule has 1 aromatic heterocycles. The molecular formula is C20H20N2O2. The first kappa shape index (κ1) is 16.0. The highest BCUT2D eigenvalue weighted by Gasteiger charge is 2.14. The molecule has 3 aromatic rings. The molecule has 0 radical (unpaired) electrons. The molecule has 1 heterocycles. The molecule has 0 saturated heterocycles. The largest absolute Gasteiger partial charge is 0.441 e. The number of carbonyl (C=O) groups is 1. The van der Waals surface area contributed by atoms with Gasteiger partial charge in [0, 0.05) is 12.1 Å². The molecule has 0 aliphatic heterocycles. The van der Waals surface area contributed by atoms with Gasteiger partial charge in [0.2, 0.25) is 11.8 Å². The lowest BCUT2D eigenvalue weighted by atomic mass is 10.1. The van der Waals surface area contributed by atoms with Gasteiger partial charge in [0.05, 0.1) is 12.1 Å². The monoisotopic (exact) mass is 320 g/mol. The van der Waals surface area contributed by atoms with E-state index >= 15 is 0 Å². The molecule has 0 aliphatic rings. The van der Waals surface area contributed by atoms with Gasteiger partial charge in [0.25, 0.3) is 0 Å². The molecule has 0 aliphatic carbocycles. The summed E-state index contributed by atoms with van der Waals surface area (Å²) >= 11 is 0. The standard InChI is InChI=1S/C20H20N2O2/c1-14-7-6-8-16(11-14)13-21-19(23)12-18-15(2)24-20(22-18)17-9-4-3-5-10-17/h3-11H,12-13H2,1-2H3,(H,21,23). The van der Waals surface area contributed by atoms with Crippen LogP contribution in [0.2, 0.25) is 0 Å². The first-order valence-corrected chi connectivity index (χ1v) is 7.96. The second-order valence-electron chi connectivity index (χ2n) is 5.83. The van der Waals surface area contributed by atoms with Crippen molar-refractivity contribution in [1.29, 1.82) is 0 Å². The fraction of sp³-hybridized carbons (Fsp3) is 0.200. The highest BCUT2D eigenvalue weighted by Crippen LogP contribution is 2.21. The average Bonchev–Trinajstić information content (AvgIpc) is 2.95. The summed E-state index contributed by atoms with van der Waals surface area (Å²) < 4.78 is 5.69. The number of oxazole rings is 1. The number of hydrogen-bond acceptors (Lipinski definition) is 3. The highest BCUT2D eigenvalue weighted by atomic mass is 16.4. The van der Waals surface area contributed by atoms with Gasteiger partial charge in [-0.1, -0.05) is 48.0 Å². The van der Waals surface area contributed by atoms with Gasteiger partial charge in [0.1, 0.15) is 5.76 Å². The van der Waals surface area contributed by atoms with E-state index in [0.717, 1.165) is 11.1 Å². The van der Waals surface area contributed by atoms with E-state index < -0.39 is 0 Å². The number of hydrogen-bond donors (Lipinski definition) is 1. The van der Waals surface area contributed by atoms with Gasteiger partial charge in [-0.25, -0.2) is 4.98 Å². The Morgan fingerprint density at radius 1 is 1.08 bits per heavy atom. The molecule has 24 heavy (non-hydrogen) atoms. The molecule has 1 N–H and O–H groups in total. The minimum atomic E-state index is -0.0625. The van der Waals surface area contributed by atoms with E-state index in [1.807, 2.05) is 62.4 Å². The fourth-order valence-electron chi connectivity index (χ4n) is 2.53. The van der Waals surface area contributed by atoms with Crippen LogP contribution in [0, 0.1) is 13.8 Å². The Hall–Kier alpha value is -2.88. The van der Waals surface area contributed by atoms with E-state index in [-0.39, 0.29) is 12.3 Å². The summed E-state index contributed by atoms with van der Waals surface area (Å²) in [5.74, 6) is 1.17. The van der Waals surface area contributed by atoms with E-state index in [1.165, 1.54) is 5.56 Å². The van der Waals surface area contributed by atoms with Crippen molar-refractivity contribution in [2.75, 3.05) is 0 Å². The van der Waals surface area contributed by atoms with Crippen molar-refractivity contribution >= 4 is 5.91 Å². The Kier molecular flexibility index (Phi) is 4.75. The van der Waals surface area contributed by atoms with Crippen molar-refractivity contribution in [3.05, 3.63) is 77.2 Å². The molecule has 3 rings (SSSR count). The minimum absolute atomic E-state index is 0.0625. The van der Waals surface area contributed by atoms with Gasteiger partial charge in [-0.15, -0.1) is 0 Å². The topological polar surface area (TPSA) is 55.1 Å². The maximum absolute atomic E-state index is 12.2. The lowest BCUT2D eigenvalue weighted by molar-refractivity contribution is -0.120. The average molecular weight is 320 g/mol. The Morgan fingerprint density at radius 3 is 2.62 bits per heavy atom. The Balaban J connectivity index is 1.63. The Labute approximate surface area is 141 Å². The normalized spacial score (nSPS) is 10.6.